The molecule has 0 radical (unpaired) electrons. The second-order valence-electron chi connectivity index (χ2n) is 3.02. The largest absolute Gasteiger partial charge is 0.391 e. The molecule has 0 aromatic carbocycles. The molecule has 1 N–H and O–H groups in total. The van der Waals surface area contributed by atoms with Gasteiger partial charge in [-0.2, -0.15) is 0 Å². The molecule has 1 saturated heterocycles. The lowest BCUT2D eigenvalue weighted by atomic mass is 10.0. The lowest BCUT2D eigenvalue weighted by Gasteiger charge is -2.15. The van der Waals surface area contributed by atoms with Crippen molar-refractivity contribution in [3.63, 3.8) is 0 Å². The highest BCUT2D eigenvalue weighted by Gasteiger charge is 2.25. The van der Waals surface area contributed by atoms with Crippen molar-refractivity contribution >= 4 is 16.1 Å². The van der Waals surface area contributed by atoms with Gasteiger partial charge in [0.05, 0.1) is 12.6 Å². The first kappa shape index (κ1) is 9.11. The maximum atomic E-state index is 9.50. The van der Waals surface area contributed by atoms with Gasteiger partial charge in [0.15, 0.2) is 0 Å². The fourth-order valence-corrected chi connectivity index (χ4v) is 1.83. The lowest BCUT2D eigenvalue weighted by molar-refractivity contribution is 0.123. The zero-order valence-electron chi connectivity index (χ0n) is 6.61. The fourth-order valence-electron chi connectivity index (χ4n) is 1.41. The van der Waals surface area contributed by atoms with Gasteiger partial charge in [-0.05, 0) is 13.1 Å². The van der Waals surface area contributed by atoms with E-state index in [2.05, 4.69) is 25.8 Å². The molecule has 3 nitrogen and oxygen atoms in total. The van der Waals surface area contributed by atoms with Crippen molar-refractivity contribution in [2.45, 2.75) is 12.5 Å². The average molecular weight is 174 g/mol. The summed E-state index contributed by atoms with van der Waals surface area (Å²) in [6.07, 6.45) is 0.776. The predicted octanol–water partition coefficient (Wildman–Crippen LogP) is 0.160. The smallest absolute Gasteiger partial charge is 0.0775 e. The van der Waals surface area contributed by atoms with E-state index in [0.29, 0.717) is 12.5 Å². The normalized spacial score (nSPS) is 28.7. The summed E-state index contributed by atoms with van der Waals surface area (Å²) in [6.45, 7) is 5.86. The molecule has 11 heavy (non-hydrogen) atoms. The van der Waals surface area contributed by atoms with E-state index in [1.807, 2.05) is 0 Å². The van der Waals surface area contributed by atoms with Crippen molar-refractivity contribution in [1.29, 1.82) is 0 Å². The van der Waals surface area contributed by atoms with Crippen LogP contribution in [0.4, 0.5) is 0 Å². The molecule has 0 bridgehead atoms. The second kappa shape index (κ2) is 4.15. The lowest BCUT2D eigenvalue weighted by Crippen LogP contribution is -2.24. The van der Waals surface area contributed by atoms with Crippen LogP contribution in [-0.4, -0.2) is 42.2 Å². The Morgan fingerprint density at radius 1 is 1.82 bits per heavy atom. The highest BCUT2D eigenvalue weighted by Crippen LogP contribution is 2.22. The number of hydrogen-bond acceptors (Lipinski definition) is 3. The Kier molecular flexibility index (Phi) is 3.44. The van der Waals surface area contributed by atoms with Gasteiger partial charge in [-0.25, -0.2) is 0 Å². The SMILES string of the molecule is C=NC[C@@H](O)[C@H]1CCN(P)C1. The summed E-state index contributed by atoms with van der Waals surface area (Å²) in [5, 5.41) is 9.50. The van der Waals surface area contributed by atoms with E-state index < -0.39 is 0 Å². The van der Waals surface area contributed by atoms with E-state index >= 15 is 0 Å². The number of rotatable bonds is 3. The molecule has 1 heterocycles. The van der Waals surface area contributed by atoms with Crippen molar-refractivity contribution < 1.29 is 5.11 Å². The number of nitrogens with zero attached hydrogens (tertiary/aromatic N) is 2. The standard InChI is InChI=1S/C7H15N2OP/c1-8-4-7(10)6-2-3-9(11)5-6/h6-7,10H,1-5,11H2/t6-,7+/m0/s1. The van der Waals surface area contributed by atoms with Crippen LogP contribution in [0.1, 0.15) is 6.42 Å². The van der Waals surface area contributed by atoms with Crippen molar-refractivity contribution in [3.05, 3.63) is 0 Å². The molecule has 64 valence electrons. The fraction of sp³-hybridized carbons (Fsp3) is 0.857. The molecule has 1 aliphatic heterocycles. The monoisotopic (exact) mass is 174 g/mol. The summed E-state index contributed by atoms with van der Waals surface area (Å²) in [5.41, 5.74) is 0. The highest BCUT2D eigenvalue weighted by atomic mass is 31.0. The van der Waals surface area contributed by atoms with Crippen LogP contribution in [0.25, 0.3) is 0 Å². The second-order valence-corrected chi connectivity index (χ2v) is 3.75. The first-order valence-electron chi connectivity index (χ1n) is 3.84. The Morgan fingerprint density at radius 2 is 2.55 bits per heavy atom. The molecular weight excluding hydrogens is 159 g/mol. The van der Waals surface area contributed by atoms with Gasteiger partial charge >= 0.3 is 0 Å². The molecule has 1 rings (SSSR count). The third-order valence-electron chi connectivity index (χ3n) is 2.12. The van der Waals surface area contributed by atoms with E-state index in [9.17, 15) is 5.11 Å². The van der Waals surface area contributed by atoms with Crippen molar-refractivity contribution in [2.75, 3.05) is 19.6 Å². The minimum atomic E-state index is -0.293. The maximum Gasteiger partial charge on any atom is 0.0775 e. The topological polar surface area (TPSA) is 35.8 Å². The molecule has 0 amide bonds. The molecular formula is C7H15N2OP. The van der Waals surface area contributed by atoms with Crippen molar-refractivity contribution in [3.8, 4) is 0 Å². The van der Waals surface area contributed by atoms with E-state index in [4.69, 9.17) is 0 Å². The molecule has 0 aromatic rings. The summed E-state index contributed by atoms with van der Waals surface area (Å²) >= 11 is 0. The number of aliphatic imine (C=N–C) groups is 1. The molecule has 4 heteroatoms. The molecule has 1 fully saturated rings. The molecule has 0 aromatic heterocycles. The summed E-state index contributed by atoms with van der Waals surface area (Å²) in [7, 11) is 2.65. The van der Waals surface area contributed by atoms with Crippen LogP contribution in [0, 0.1) is 5.92 Å². The Bertz CT molecular complexity index is 142. The molecule has 0 spiro atoms. The van der Waals surface area contributed by atoms with Gasteiger partial charge in [0, 0.05) is 19.0 Å². The van der Waals surface area contributed by atoms with Crippen LogP contribution in [0.2, 0.25) is 0 Å². The van der Waals surface area contributed by atoms with Crippen molar-refractivity contribution in [1.82, 2.24) is 4.67 Å². The van der Waals surface area contributed by atoms with E-state index in [0.717, 1.165) is 19.5 Å². The van der Waals surface area contributed by atoms with Crippen molar-refractivity contribution in [2.24, 2.45) is 10.9 Å². The first-order chi connectivity index (χ1) is 5.24. The number of aliphatic hydroxyl groups is 1. The average Bonchev–Trinajstić information content (AvgIpc) is 2.36. The molecule has 0 saturated carbocycles. The molecule has 0 aliphatic carbocycles. The Morgan fingerprint density at radius 3 is 3.00 bits per heavy atom. The molecule has 3 atom stereocenters. The van der Waals surface area contributed by atoms with Crippen LogP contribution < -0.4 is 0 Å². The Hall–Kier alpha value is 0.0200. The zero-order chi connectivity index (χ0) is 8.27. The third kappa shape index (κ3) is 2.51. The zero-order valence-corrected chi connectivity index (χ0v) is 7.76. The number of aliphatic hydroxyl groups excluding tert-OH is 1. The van der Waals surface area contributed by atoms with Crippen LogP contribution >= 0.6 is 9.39 Å². The summed E-state index contributed by atoms with van der Waals surface area (Å²) in [5.74, 6) is 0.387. The van der Waals surface area contributed by atoms with Gasteiger partial charge in [-0.3, -0.25) is 9.66 Å². The Balaban J connectivity index is 2.30. The summed E-state index contributed by atoms with van der Waals surface area (Å²) < 4.78 is 2.15. The van der Waals surface area contributed by atoms with Gasteiger partial charge < -0.3 is 5.11 Å². The summed E-state index contributed by atoms with van der Waals surface area (Å²) in [6, 6.07) is 0. The van der Waals surface area contributed by atoms with Crippen LogP contribution in [0.3, 0.4) is 0 Å². The van der Waals surface area contributed by atoms with E-state index in [-0.39, 0.29) is 6.10 Å². The van der Waals surface area contributed by atoms with Crippen LogP contribution in [0.5, 0.6) is 0 Å². The quantitative estimate of drug-likeness (QED) is 0.488. The van der Waals surface area contributed by atoms with Gasteiger partial charge in [-0.1, -0.05) is 9.39 Å². The van der Waals surface area contributed by atoms with Gasteiger partial charge in [0.1, 0.15) is 0 Å². The minimum Gasteiger partial charge on any atom is -0.391 e. The maximum absolute atomic E-state index is 9.50. The highest BCUT2D eigenvalue weighted by molar-refractivity contribution is 7.13. The third-order valence-corrected chi connectivity index (χ3v) is 2.59. The Labute approximate surface area is 69.8 Å². The molecule has 1 aliphatic rings. The minimum absolute atomic E-state index is 0.293. The van der Waals surface area contributed by atoms with Crippen LogP contribution in [0.15, 0.2) is 4.99 Å². The van der Waals surface area contributed by atoms with E-state index in [1.54, 1.807) is 0 Å². The first-order valence-corrected chi connectivity index (χ1v) is 4.36. The summed E-state index contributed by atoms with van der Waals surface area (Å²) in [4.78, 5) is 3.68. The predicted molar refractivity (Wildman–Crippen MR) is 49.8 cm³/mol. The van der Waals surface area contributed by atoms with Gasteiger partial charge in [0.2, 0.25) is 0 Å². The van der Waals surface area contributed by atoms with Gasteiger partial charge in [-0.15, -0.1) is 0 Å². The number of hydrogen-bond donors (Lipinski definition) is 1. The van der Waals surface area contributed by atoms with Crippen LogP contribution in [-0.2, 0) is 0 Å². The molecule has 1 unspecified atom stereocenters. The van der Waals surface area contributed by atoms with E-state index in [1.165, 1.54) is 0 Å². The van der Waals surface area contributed by atoms with Gasteiger partial charge in [0.25, 0.3) is 0 Å².